The van der Waals surface area contributed by atoms with Crippen molar-refractivity contribution in [2.24, 2.45) is 0 Å². The number of nitrogens with zero attached hydrogens (tertiary/aromatic N) is 2. The Hall–Kier alpha value is -3.85. The fraction of sp³-hybridized carbons (Fsp3) is 0.455. The molecule has 224 valence electrons. The molecule has 1 aliphatic carbocycles. The average molecular weight is 577 g/mol. The van der Waals surface area contributed by atoms with Crippen LogP contribution in [0.25, 0.3) is 0 Å². The number of halogens is 1. The molecule has 0 atom stereocenters. The summed E-state index contributed by atoms with van der Waals surface area (Å²) in [5.41, 5.74) is 4.84. The number of H-pyrrole nitrogens is 1. The summed E-state index contributed by atoms with van der Waals surface area (Å²) in [4.78, 5) is 33.4. The molecule has 2 heterocycles. The van der Waals surface area contributed by atoms with Crippen molar-refractivity contribution in [3.05, 3.63) is 86.1 Å². The number of fused-ring (bicyclic) bond motifs is 1. The van der Waals surface area contributed by atoms with E-state index in [1.54, 1.807) is 6.07 Å². The van der Waals surface area contributed by atoms with Crippen LogP contribution in [0.3, 0.4) is 0 Å². The SMILES string of the molecule is CCN(c1cc(F)cc(C(=O)NCc2c(C)[nH]c(C)cc2=O)c1C)[C@H]1CC[C@H](N(C)Cc2ccc3c(c2)OCO3)CC1. The number of aromatic nitrogens is 1. The Balaban J connectivity index is 1.24. The van der Waals surface area contributed by atoms with Crippen LogP contribution in [0.2, 0.25) is 0 Å². The van der Waals surface area contributed by atoms with Crippen LogP contribution in [-0.4, -0.2) is 48.3 Å². The Morgan fingerprint density at radius 3 is 2.45 bits per heavy atom. The number of rotatable bonds is 9. The molecule has 0 radical (unpaired) electrons. The molecule has 2 aliphatic rings. The van der Waals surface area contributed by atoms with E-state index in [1.165, 1.54) is 17.7 Å². The lowest BCUT2D eigenvalue weighted by atomic mass is 9.88. The summed E-state index contributed by atoms with van der Waals surface area (Å²) in [6.07, 6.45) is 4.04. The smallest absolute Gasteiger partial charge is 0.252 e. The summed E-state index contributed by atoms with van der Waals surface area (Å²) >= 11 is 0. The first-order valence-corrected chi connectivity index (χ1v) is 14.8. The summed E-state index contributed by atoms with van der Waals surface area (Å²) in [5, 5.41) is 2.84. The average Bonchev–Trinajstić information content (AvgIpc) is 3.42. The second-order valence-corrected chi connectivity index (χ2v) is 11.6. The van der Waals surface area contributed by atoms with Gasteiger partial charge in [0.1, 0.15) is 5.82 Å². The van der Waals surface area contributed by atoms with E-state index < -0.39 is 11.7 Å². The van der Waals surface area contributed by atoms with Gasteiger partial charge in [0.25, 0.3) is 5.91 Å². The van der Waals surface area contributed by atoms with Crippen molar-refractivity contribution < 1.29 is 18.7 Å². The number of carbonyl (C=O) groups excluding carboxylic acids is 1. The fourth-order valence-corrected chi connectivity index (χ4v) is 6.45. The van der Waals surface area contributed by atoms with Gasteiger partial charge < -0.3 is 24.7 Å². The van der Waals surface area contributed by atoms with Gasteiger partial charge in [-0.3, -0.25) is 14.5 Å². The Kier molecular flexibility index (Phi) is 8.87. The lowest BCUT2D eigenvalue weighted by Crippen LogP contribution is -2.43. The van der Waals surface area contributed by atoms with Crippen molar-refractivity contribution in [1.29, 1.82) is 0 Å². The predicted octanol–water partition coefficient (Wildman–Crippen LogP) is 5.37. The van der Waals surface area contributed by atoms with Crippen molar-refractivity contribution >= 4 is 11.6 Å². The first-order chi connectivity index (χ1) is 20.1. The number of amides is 1. The highest BCUT2D eigenvalue weighted by Gasteiger charge is 2.29. The summed E-state index contributed by atoms with van der Waals surface area (Å²) in [6.45, 7) is 9.48. The molecule has 0 unspecified atom stereocenters. The number of pyridine rings is 1. The highest BCUT2D eigenvalue weighted by molar-refractivity contribution is 5.97. The van der Waals surface area contributed by atoms with Gasteiger partial charge in [-0.15, -0.1) is 0 Å². The lowest BCUT2D eigenvalue weighted by molar-refractivity contribution is 0.0949. The maximum Gasteiger partial charge on any atom is 0.252 e. The van der Waals surface area contributed by atoms with E-state index in [9.17, 15) is 14.0 Å². The Labute approximate surface area is 246 Å². The molecule has 9 heteroatoms. The summed E-state index contributed by atoms with van der Waals surface area (Å²) in [5.74, 6) is 0.769. The van der Waals surface area contributed by atoms with Crippen LogP contribution in [-0.2, 0) is 13.1 Å². The van der Waals surface area contributed by atoms with Crippen molar-refractivity contribution in [2.75, 3.05) is 25.3 Å². The van der Waals surface area contributed by atoms with Gasteiger partial charge in [0.05, 0.1) is 0 Å². The molecule has 1 aliphatic heterocycles. The number of hydrogen-bond acceptors (Lipinski definition) is 6. The van der Waals surface area contributed by atoms with Crippen molar-refractivity contribution in [3.63, 3.8) is 0 Å². The van der Waals surface area contributed by atoms with Crippen molar-refractivity contribution in [3.8, 4) is 11.5 Å². The Morgan fingerprint density at radius 2 is 1.74 bits per heavy atom. The summed E-state index contributed by atoms with van der Waals surface area (Å²) < 4.78 is 25.9. The topological polar surface area (TPSA) is 86.9 Å². The van der Waals surface area contributed by atoms with Gasteiger partial charge in [0.15, 0.2) is 16.9 Å². The summed E-state index contributed by atoms with van der Waals surface area (Å²) in [7, 11) is 2.17. The summed E-state index contributed by atoms with van der Waals surface area (Å²) in [6, 6.07) is 11.2. The van der Waals surface area contributed by atoms with Gasteiger partial charge in [-0.1, -0.05) is 6.07 Å². The molecule has 42 heavy (non-hydrogen) atoms. The molecule has 1 amide bonds. The predicted molar refractivity (Wildman–Crippen MR) is 162 cm³/mol. The van der Waals surface area contributed by atoms with Gasteiger partial charge in [-0.05, 0) is 95.8 Å². The van der Waals surface area contributed by atoms with Crippen LogP contribution < -0.4 is 25.1 Å². The third-order valence-corrected chi connectivity index (χ3v) is 8.75. The van der Waals surface area contributed by atoms with Gasteiger partial charge in [0.2, 0.25) is 6.79 Å². The Bertz CT molecular complexity index is 1510. The zero-order valence-corrected chi connectivity index (χ0v) is 25.2. The van der Waals surface area contributed by atoms with E-state index in [2.05, 4.69) is 46.2 Å². The molecule has 5 rings (SSSR count). The molecule has 1 aromatic heterocycles. The number of anilines is 1. The van der Waals surface area contributed by atoms with Crippen molar-refractivity contribution in [1.82, 2.24) is 15.2 Å². The maximum atomic E-state index is 14.9. The monoisotopic (exact) mass is 576 g/mol. The largest absolute Gasteiger partial charge is 0.454 e. The quantitative estimate of drug-likeness (QED) is 0.356. The molecular weight excluding hydrogens is 535 g/mol. The number of aryl methyl sites for hydroxylation is 2. The van der Waals surface area contributed by atoms with Gasteiger partial charge >= 0.3 is 0 Å². The van der Waals surface area contributed by atoms with Crippen LogP contribution in [0.5, 0.6) is 11.5 Å². The molecule has 2 aromatic carbocycles. The second-order valence-electron chi connectivity index (χ2n) is 11.6. The van der Waals surface area contributed by atoms with Crippen LogP contribution >= 0.6 is 0 Å². The zero-order valence-electron chi connectivity index (χ0n) is 25.2. The standard InChI is InChI=1S/C33H41FN4O4/c1-6-38(26-10-8-25(9-11-26)37(5)18-23-7-12-31-32(14-23)42-19-41-31)29-16-24(34)15-27(21(29)3)33(40)35-17-28-22(4)36-20(2)13-30(28)39/h7,12-16,25-26H,6,8-11,17-19H2,1-5H3,(H,35,40)(H,36,39)/t25-,26-. The molecule has 2 N–H and O–H groups in total. The number of hydrogen-bond donors (Lipinski definition) is 2. The normalized spacial score (nSPS) is 17.9. The van der Waals surface area contributed by atoms with Crippen LogP contribution in [0.4, 0.5) is 10.1 Å². The molecule has 8 nitrogen and oxygen atoms in total. The number of nitrogens with one attached hydrogen (secondary N) is 2. The maximum absolute atomic E-state index is 14.9. The third kappa shape index (κ3) is 6.31. The minimum absolute atomic E-state index is 0.0762. The molecule has 0 spiro atoms. The number of ether oxygens (including phenoxy) is 2. The number of aromatic amines is 1. The first-order valence-electron chi connectivity index (χ1n) is 14.8. The Morgan fingerprint density at radius 1 is 1.02 bits per heavy atom. The minimum atomic E-state index is -0.444. The first kappa shape index (κ1) is 29.6. The van der Waals surface area contributed by atoms with Crippen LogP contribution in [0.15, 0.2) is 41.2 Å². The van der Waals surface area contributed by atoms with E-state index in [4.69, 9.17) is 9.47 Å². The van der Waals surface area contributed by atoms with Gasteiger partial charge in [0, 0.05) is 66.0 Å². The lowest BCUT2D eigenvalue weighted by Gasteiger charge is -2.41. The minimum Gasteiger partial charge on any atom is -0.454 e. The van der Waals surface area contributed by atoms with Crippen molar-refractivity contribution in [2.45, 2.75) is 78.6 Å². The fourth-order valence-electron chi connectivity index (χ4n) is 6.45. The number of benzene rings is 2. The third-order valence-electron chi connectivity index (χ3n) is 8.75. The second kappa shape index (κ2) is 12.6. The molecule has 1 fully saturated rings. The van der Waals surface area contributed by atoms with Gasteiger partial charge in [-0.2, -0.15) is 0 Å². The van der Waals surface area contributed by atoms with E-state index in [0.29, 0.717) is 29.4 Å². The highest BCUT2D eigenvalue weighted by atomic mass is 19.1. The molecule has 1 saturated carbocycles. The van der Waals surface area contributed by atoms with E-state index in [1.807, 2.05) is 26.8 Å². The van der Waals surface area contributed by atoms with Gasteiger partial charge in [-0.25, -0.2) is 4.39 Å². The van der Waals surface area contributed by atoms with Crippen LogP contribution in [0, 0.1) is 26.6 Å². The molecular formula is C33H41FN4O4. The van der Waals surface area contributed by atoms with Crippen LogP contribution in [0.1, 0.15) is 71.0 Å². The number of carbonyl (C=O) groups is 1. The molecule has 0 saturated heterocycles. The van der Waals surface area contributed by atoms with E-state index in [-0.39, 0.29) is 24.8 Å². The van der Waals surface area contributed by atoms with E-state index >= 15 is 0 Å². The zero-order chi connectivity index (χ0) is 30.0. The van der Waals surface area contributed by atoms with E-state index in [0.717, 1.165) is 60.7 Å². The highest BCUT2D eigenvalue weighted by Crippen LogP contribution is 2.35. The molecule has 0 bridgehead atoms. The molecule has 3 aromatic rings.